The Morgan fingerprint density at radius 3 is 1.78 bits per heavy atom. The number of rotatable bonds is 15. The second kappa shape index (κ2) is 11.6. The fourth-order valence-electron chi connectivity index (χ4n) is 2.37. The number of nitrogens with zero attached hydrogens (tertiary/aromatic N) is 1. The lowest BCUT2D eigenvalue weighted by molar-refractivity contribution is -0.869. The standard InChI is InChI=1S/C18H25F12N2O4/c1-32(2,3)7-6-31-10(9-11(33)35-4)12(34)36-8-5-14(21,22)16(25,26)18(29,30)17(27,28)15(23,24)13(19)20/h10,13,31H,5-9H2,1-4H3/q+1. The van der Waals surface area contributed by atoms with Gasteiger partial charge in [-0.1, -0.05) is 0 Å². The van der Waals surface area contributed by atoms with Crippen LogP contribution in [0, 0.1) is 0 Å². The topological polar surface area (TPSA) is 64.6 Å². The Balaban J connectivity index is 5.53. The van der Waals surface area contributed by atoms with Crippen molar-refractivity contribution in [2.75, 3.05) is 47.9 Å². The van der Waals surface area contributed by atoms with Gasteiger partial charge in [0.2, 0.25) is 0 Å². The van der Waals surface area contributed by atoms with E-state index < -0.39 is 73.5 Å². The molecule has 0 aliphatic heterocycles. The monoisotopic (exact) mass is 561 g/mol. The maximum Gasteiger partial charge on any atom is 0.384 e. The first-order valence-electron chi connectivity index (χ1n) is 9.83. The number of methoxy groups -OCH3 is 1. The van der Waals surface area contributed by atoms with Crippen LogP contribution in [0.5, 0.6) is 0 Å². The summed E-state index contributed by atoms with van der Waals surface area (Å²) in [6, 6.07) is -1.59. The lowest BCUT2D eigenvalue weighted by atomic mass is 9.93. The van der Waals surface area contributed by atoms with Crippen LogP contribution >= 0.6 is 0 Å². The smallest absolute Gasteiger partial charge is 0.384 e. The molecule has 1 N–H and O–H groups in total. The number of esters is 2. The molecule has 0 spiro atoms. The lowest BCUT2D eigenvalue weighted by Crippen LogP contribution is -2.68. The third-order valence-electron chi connectivity index (χ3n) is 4.66. The molecule has 1 unspecified atom stereocenters. The summed E-state index contributed by atoms with van der Waals surface area (Å²) in [4.78, 5) is 23.5. The van der Waals surface area contributed by atoms with E-state index in [1.165, 1.54) is 0 Å². The maximum absolute atomic E-state index is 13.8. The molecule has 0 aromatic rings. The van der Waals surface area contributed by atoms with Gasteiger partial charge in [-0.05, 0) is 0 Å². The fourth-order valence-corrected chi connectivity index (χ4v) is 2.37. The van der Waals surface area contributed by atoms with Gasteiger partial charge in [-0.3, -0.25) is 14.9 Å². The number of alkyl halides is 12. The SMILES string of the molecule is COC(=O)CC(NCC[N+](C)(C)C)C(=O)OCCC(F)(F)C(F)(F)C(F)(F)C(F)(F)C(F)(F)C(F)F. The molecule has 1 atom stereocenters. The van der Waals surface area contributed by atoms with E-state index in [9.17, 15) is 62.3 Å². The fraction of sp³-hybridized carbons (Fsp3) is 0.889. The molecule has 0 fully saturated rings. The van der Waals surface area contributed by atoms with Crippen molar-refractivity contribution in [3.8, 4) is 0 Å². The first-order valence-corrected chi connectivity index (χ1v) is 9.83. The van der Waals surface area contributed by atoms with Gasteiger partial charge in [0.1, 0.15) is 6.04 Å². The Hall–Kier alpha value is -1.98. The summed E-state index contributed by atoms with van der Waals surface area (Å²) in [7, 11) is 6.11. The van der Waals surface area contributed by atoms with E-state index in [4.69, 9.17) is 0 Å². The zero-order valence-corrected chi connectivity index (χ0v) is 19.3. The molecule has 0 aliphatic carbocycles. The molecular weight excluding hydrogens is 536 g/mol. The lowest BCUT2D eigenvalue weighted by Gasteiger charge is -2.39. The van der Waals surface area contributed by atoms with Crippen LogP contribution in [0.4, 0.5) is 52.7 Å². The number of likely N-dealkylation sites (N-methyl/N-ethyl adjacent to an activating group) is 1. The quantitative estimate of drug-likeness (QED) is 0.188. The molecule has 0 aromatic heterocycles. The molecule has 0 aromatic carbocycles. The molecule has 18 heteroatoms. The average molecular weight is 561 g/mol. The molecule has 6 nitrogen and oxygen atoms in total. The van der Waals surface area contributed by atoms with Crippen LogP contribution < -0.4 is 5.32 Å². The minimum absolute atomic E-state index is 0.0220. The normalized spacial score (nSPS) is 15.1. The number of quaternary nitrogens is 1. The number of ether oxygens (including phenoxy) is 2. The molecule has 0 saturated carbocycles. The third kappa shape index (κ3) is 7.52. The van der Waals surface area contributed by atoms with Gasteiger partial charge in [0.05, 0.1) is 54.2 Å². The number of halogens is 12. The second-order valence-corrected chi connectivity index (χ2v) is 8.57. The molecule has 0 bridgehead atoms. The van der Waals surface area contributed by atoms with Gasteiger partial charge < -0.3 is 14.0 Å². The first-order chi connectivity index (χ1) is 15.9. The number of carbonyl (C=O) groups is 2. The van der Waals surface area contributed by atoms with Crippen molar-refractivity contribution in [3.63, 3.8) is 0 Å². The molecule has 0 saturated heterocycles. The van der Waals surface area contributed by atoms with E-state index in [-0.39, 0.29) is 6.54 Å². The molecular formula is C18H25F12N2O4+. The number of hydrogen-bond acceptors (Lipinski definition) is 5. The van der Waals surface area contributed by atoms with Crippen molar-refractivity contribution in [1.29, 1.82) is 0 Å². The van der Waals surface area contributed by atoms with Crippen LogP contribution in [-0.2, 0) is 19.1 Å². The summed E-state index contributed by atoms with van der Waals surface area (Å²) in [5, 5.41) is 2.49. The summed E-state index contributed by atoms with van der Waals surface area (Å²) < 4.78 is 167. The van der Waals surface area contributed by atoms with Crippen molar-refractivity contribution >= 4 is 11.9 Å². The zero-order chi connectivity index (χ0) is 29.0. The number of nitrogens with one attached hydrogen (secondary N) is 1. The Kier molecular flexibility index (Phi) is 11.0. The van der Waals surface area contributed by atoms with Gasteiger partial charge in [-0.15, -0.1) is 0 Å². The zero-order valence-electron chi connectivity index (χ0n) is 19.3. The van der Waals surface area contributed by atoms with Gasteiger partial charge in [0.15, 0.2) is 0 Å². The molecule has 36 heavy (non-hydrogen) atoms. The highest BCUT2D eigenvalue weighted by Gasteiger charge is 2.87. The largest absolute Gasteiger partial charge is 0.469 e. The molecule has 0 heterocycles. The molecule has 0 amide bonds. The summed E-state index contributed by atoms with van der Waals surface area (Å²) in [5.74, 6) is -38.4. The Labute approximate surface area is 197 Å². The van der Waals surface area contributed by atoms with Crippen molar-refractivity contribution in [2.24, 2.45) is 0 Å². The van der Waals surface area contributed by atoms with Gasteiger partial charge in [-0.2, -0.15) is 43.9 Å². The Morgan fingerprint density at radius 2 is 1.36 bits per heavy atom. The highest BCUT2D eigenvalue weighted by atomic mass is 19.4. The Morgan fingerprint density at radius 1 is 0.861 bits per heavy atom. The van der Waals surface area contributed by atoms with Crippen molar-refractivity contribution in [1.82, 2.24) is 5.32 Å². The van der Waals surface area contributed by atoms with Crippen LogP contribution in [0.3, 0.4) is 0 Å². The van der Waals surface area contributed by atoms with Gasteiger partial charge in [0, 0.05) is 6.54 Å². The molecule has 0 rings (SSSR count). The summed E-state index contributed by atoms with van der Waals surface area (Å²) in [6.45, 7) is -1.47. The third-order valence-corrected chi connectivity index (χ3v) is 4.66. The minimum atomic E-state index is -7.66. The maximum atomic E-state index is 13.8. The van der Waals surface area contributed by atoms with Gasteiger partial charge in [0.25, 0.3) is 0 Å². The highest BCUT2D eigenvalue weighted by molar-refractivity contribution is 5.82. The van der Waals surface area contributed by atoms with E-state index in [1.807, 2.05) is 0 Å². The van der Waals surface area contributed by atoms with Crippen LogP contribution in [0.1, 0.15) is 12.8 Å². The number of hydrogen-bond donors (Lipinski definition) is 1. The van der Waals surface area contributed by atoms with Gasteiger partial charge >= 0.3 is 48.0 Å². The predicted octanol–water partition coefficient (Wildman–Crippen LogP) is 3.59. The Bertz CT molecular complexity index is 757. The van der Waals surface area contributed by atoms with Crippen LogP contribution in [0.2, 0.25) is 0 Å². The van der Waals surface area contributed by atoms with E-state index in [0.717, 1.165) is 7.11 Å². The first kappa shape index (κ1) is 34.0. The van der Waals surface area contributed by atoms with Crippen LogP contribution in [-0.4, -0.2) is 106 Å². The molecule has 0 aliphatic rings. The minimum Gasteiger partial charge on any atom is -0.469 e. The van der Waals surface area contributed by atoms with E-state index in [1.54, 1.807) is 21.1 Å². The number of carbonyl (C=O) groups excluding carboxylic acids is 2. The van der Waals surface area contributed by atoms with E-state index in [0.29, 0.717) is 11.0 Å². The summed E-state index contributed by atoms with van der Waals surface area (Å²) in [6.07, 6.45) is -8.94. The van der Waals surface area contributed by atoms with Crippen LogP contribution in [0.25, 0.3) is 0 Å². The summed E-state index contributed by atoms with van der Waals surface area (Å²) >= 11 is 0. The predicted molar refractivity (Wildman–Crippen MR) is 97.6 cm³/mol. The van der Waals surface area contributed by atoms with Crippen LogP contribution in [0.15, 0.2) is 0 Å². The van der Waals surface area contributed by atoms with Crippen molar-refractivity contribution in [3.05, 3.63) is 0 Å². The average Bonchev–Trinajstić information content (AvgIpc) is 2.70. The molecule has 214 valence electrons. The van der Waals surface area contributed by atoms with E-state index in [2.05, 4.69) is 14.8 Å². The van der Waals surface area contributed by atoms with Crippen molar-refractivity contribution < 1.29 is 76.2 Å². The second-order valence-electron chi connectivity index (χ2n) is 8.57. The summed E-state index contributed by atoms with van der Waals surface area (Å²) in [5.41, 5.74) is 0. The molecule has 0 radical (unpaired) electrons. The van der Waals surface area contributed by atoms with Crippen molar-refractivity contribution in [2.45, 2.75) is 54.9 Å². The van der Waals surface area contributed by atoms with E-state index >= 15 is 0 Å². The van der Waals surface area contributed by atoms with Gasteiger partial charge in [-0.25, -0.2) is 8.78 Å². The highest BCUT2D eigenvalue weighted by Crippen LogP contribution is 2.58.